The molecule has 4 atom stereocenters. The van der Waals surface area contributed by atoms with Crippen LogP contribution in [0.15, 0.2) is 60.9 Å². The summed E-state index contributed by atoms with van der Waals surface area (Å²) in [7, 11) is 2.60. The number of imidazole rings is 2. The third-order valence-corrected chi connectivity index (χ3v) is 12.8. The lowest BCUT2D eigenvalue weighted by atomic mass is 10.0. The van der Waals surface area contributed by atoms with E-state index in [9.17, 15) is 19.2 Å². The van der Waals surface area contributed by atoms with Crippen LogP contribution in [0.3, 0.4) is 0 Å². The van der Waals surface area contributed by atoms with Crippen LogP contribution in [0.5, 0.6) is 0 Å². The number of carbonyl (C=O) groups is 4. The average Bonchev–Trinajstić information content (AvgIpc) is 3.82. The number of aromatic nitrogens is 4. The highest BCUT2D eigenvalue weighted by Crippen LogP contribution is 2.59. The highest BCUT2D eigenvalue weighted by Gasteiger charge is 2.56. The number of hydrogen-bond donors (Lipinski definition) is 4. The Labute approximate surface area is 350 Å². The molecule has 4 aliphatic rings. The van der Waals surface area contributed by atoms with E-state index in [2.05, 4.69) is 32.4 Å². The number of likely N-dealkylation sites (tertiary alicyclic amines) is 2. The van der Waals surface area contributed by atoms with Crippen LogP contribution in [-0.2, 0) is 19.1 Å². The Morgan fingerprint density at radius 1 is 0.650 bits per heavy atom. The third-order valence-electron chi connectivity index (χ3n) is 12.8. The number of nitrogens with zero attached hydrogens (tertiary/aromatic N) is 4. The van der Waals surface area contributed by atoms with E-state index in [-0.39, 0.29) is 46.6 Å². The van der Waals surface area contributed by atoms with Crippen molar-refractivity contribution < 1.29 is 28.7 Å². The van der Waals surface area contributed by atoms with Gasteiger partial charge in [0, 0.05) is 24.2 Å². The number of alkyl carbamates (subject to hydrolysis) is 2. The summed E-state index contributed by atoms with van der Waals surface area (Å²) in [6.07, 6.45) is 8.40. The number of ether oxygens (including phenoxy) is 2. The molecule has 2 saturated heterocycles. The van der Waals surface area contributed by atoms with Crippen LogP contribution in [-0.4, -0.2) is 93.1 Å². The van der Waals surface area contributed by atoms with Crippen LogP contribution in [0, 0.1) is 34.5 Å². The van der Waals surface area contributed by atoms with E-state index in [1.807, 2.05) is 98.4 Å². The maximum Gasteiger partial charge on any atom is 0.407 e. The van der Waals surface area contributed by atoms with Crippen LogP contribution in [0.2, 0.25) is 0 Å². The van der Waals surface area contributed by atoms with Crippen molar-refractivity contribution in [1.82, 2.24) is 40.4 Å². The summed E-state index contributed by atoms with van der Waals surface area (Å²) in [5.74, 6) is 7.59. The summed E-state index contributed by atoms with van der Waals surface area (Å²) in [6, 6.07) is 14.2. The second-order valence-electron chi connectivity index (χ2n) is 17.9. The zero-order valence-corrected chi connectivity index (χ0v) is 35.1. The molecule has 4 heterocycles. The zero-order valence-electron chi connectivity index (χ0n) is 35.1. The van der Waals surface area contributed by atoms with Crippen LogP contribution in [0.1, 0.15) is 101 Å². The van der Waals surface area contributed by atoms with Crippen LogP contribution in [0.25, 0.3) is 22.5 Å². The molecule has 2 saturated carbocycles. The molecule has 2 aliphatic carbocycles. The molecule has 8 rings (SSSR count). The maximum absolute atomic E-state index is 13.8. The summed E-state index contributed by atoms with van der Waals surface area (Å²) in [5.41, 5.74) is 5.61. The third kappa shape index (κ3) is 8.35. The molecule has 0 radical (unpaired) electrons. The number of aromatic amines is 2. The van der Waals surface area contributed by atoms with Crippen molar-refractivity contribution in [1.29, 1.82) is 0 Å². The normalized spacial score (nSPS) is 20.5. The van der Waals surface area contributed by atoms with E-state index < -0.39 is 24.3 Å². The molecule has 2 aromatic heterocycles. The number of H-pyrrole nitrogens is 2. The molecule has 2 aliphatic heterocycles. The monoisotopic (exact) mass is 814 g/mol. The first kappa shape index (κ1) is 40.7. The van der Waals surface area contributed by atoms with Crippen molar-refractivity contribution in [3.63, 3.8) is 0 Å². The van der Waals surface area contributed by atoms with E-state index in [1.165, 1.54) is 14.2 Å². The molecule has 14 nitrogen and oxygen atoms in total. The Bertz CT molecular complexity index is 2150. The zero-order chi connectivity index (χ0) is 42.3. The minimum Gasteiger partial charge on any atom is -0.453 e. The van der Waals surface area contributed by atoms with Gasteiger partial charge in [-0.1, -0.05) is 63.8 Å². The van der Waals surface area contributed by atoms with Crippen molar-refractivity contribution in [2.45, 2.75) is 90.4 Å². The smallest absolute Gasteiger partial charge is 0.407 e. The van der Waals surface area contributed by atoms with Gasteiger partial charge in [-0.25, -0.2) is 19.6 Å². The lowest BCUT2D eigenvalue weighted by Gasteiger charge is -2.30. The van der Waals surface area contributed by atoms with Crippen LogP contribution < -0.4 is 10.6 Å². The molecule has 14 heteroatoms. The molecule has 314 valence electrons. The predicted octanol–water partition coefficient (Wildman–Crippen LogP) is 6.74. The summed E-state index contributed by atoms with van der Waals surface area (Å²) >= 11 is 0. The fraction of sp³-hybridized carbons (Fsp3) is 0.478. The molecular formula is C46H54N8O6. The fourth-order valence-electron chi connectivity index (χ4n) is 8.81. The number of benzene rings is 2. The van der Waals surface area contributed by atoms with Gasteiger partial charge in [0.25, 0.3) is 0 Å². The molecule has 2 aromatic carbocycles. The minimum atomic E-state index is -0.689. The Balaban J connectivity index is 0.915. The number of hydrogen-bond acceptors (Lipinski definition) is 8. The van der Waals surface area contributed by atoms with Crippen LogP contribution >= 0.6 is 0 Å². The molecule has 4 fully saturated rings. The Morgan fingerprint density at radius 2 is 1.02 bits per heavy atom. The van der Waals surface area contributed by atoms with Gasteiger partial charge in [0.1, 0.15) is 23.7 Å². The molecular weight excluding hydrogens is 761 g/mol. The van der Waals surface area contributed by atoms with Gasteiger partial charge in [0.05, 0.1) is 50.1 Å². The molecule has 60 heavy (non-hydrogen) atoms. The van der Waals surface area contributed by atoms with Gasteiger partial charge in [-0.15, -0.1) is 0 Å². The second-order valence-corrected chi connectivity index (χ2v) is 17.9. The fourth-order valence-corrected chi connectivity index (χ4v) is 8.81. The Morgan fingerprint density at radius 3 is 1.33 bits per heavy atom. The van der Waals surface area contributed by atoms with Gasteiger partial charge in [-0.05, 0) is 96.6 Å². The SMILES string of the molecule is COC(=O)N[C@H](C(=O)N1CC2(CC2)C[C@@H]1c1ncc(-c2ccc(C#Cc3ccc(-c4cnc([C@@H]5CC6(CC6)CN5C(=O)[C@@H](NC(=O)OC)C(C)C)[nH]4)cc3)cc2)[nH]1)C(C)C. The molecule has 4 N–H and O–H groups in total. The number of methoxy groups -OCH3 is 2. The van der Waals surface area contributed by atoms with Gasteiger partial charge in [0.2, 0.25) is 11.8 Å². The lowest BCUT2D eigenvalue weighted by molar-refractivity contribution is -0.136. The summed E-state index contributed by atoms with van der Waals surface area (Å²) in [6.45, 7) is 8.98. The first-order valence-corrected chi connectivity index (χ1v) is 20.9. The van der Waals surface area contributed by atoms with Crippen LogP contribution in [0.4, 0.5) is 9.59 Å². The number of nitrogens with one attached hydrogen (secondary N) is 4. The highest BCUT2D eigenvalue weighted by molar-refractivity contribution is 5.87. The maximum atomic E-state index is 13.8. The second kappa shape index (κ2) is 16.2. The quantitative estimate of drug-likeness (QED) is 0.128. The number of amides is 4. The Hall–Kier alpha value is -6.10. The van der Waals surface area contributed by atoms with E-state index >= 15 is 0 Å². The van der Waals surface area contributed by atoms with Gasteiger partial charge in [-0.3, -0.25) is 9.59 Å². The molecule has 4 aromatic rings. The number of carbonyl (C=O) groups excluding carboxylic acids is 4. The van der Waals surface area contributed by atoms with E-state index in [1.54, 1.807) is 0 Å². The Kier molecular flexibility index (Phi) is 11.0. The predicted molar refractivity (Wildman–Crippen MR) is 224 cm³/mol. The topological polar surface area (TPSA) is 175 Å². The molecule has 2 spiro atoms. The first-order valence-electron chi connectivity index (χ1n) is 20.9. The number of rotatable bonds is 10. The first-order chi connectivity index (χ1) is 28.8. The van der Waals surface area contributed by atoms with E-state index in [0.29, 0.717) is 13.1 Å². The van der Waals surface area contributed by atoms with E-state index in [0.717, 1.165) is 83.8 Å². The summed E-state index contributed by atoms with van der Waals surface area (Å²) in [5, 5.41) is 5.47. The van der Waals surface area contributed by atoms with Gasteiger partial charge in [-0.2, -0.15) is 0 Å². The van der Waals surface area contributed by atoms with Crippen molar-refractivity contribution in [3.05, 3.63) is 83.7 Å². The largest absolute Gasteiger partial charge is 0.453 e. The summed E-state index contributed by atoms with van der Waals surface area (Å²) < 4.78 is 9.61. The summed E-state index contributed by atoms with van der Waals surface area (Å²) in [4.78, 5) is 72.0. The van der Waals surface area contributed by atoms with Gasteiger partial charge in [0.15, 0.2) is 0 Å². The molecule has 0 unspecified atom stereocenters. The lowest BCUT2D eigenvalue weighted by Crippen LogP contribution is -2.51. The van der Waals surface area contributed by atoms with Crippen molar-refractivity contribution >= 4 is 24.0 Å². The average molecular weight is 815 g/mol. The van der Waals surface area contributed by atoms with Crippen molar-refractivity contribution in [2.24, 2.45) is 22.7 Å². The van der Waals surface area contributed by atoms with Gasteiger partial charge < -0.3 is 39.9 Å². The van der Waals surface area contributed by atoms with E-state index in [4.69, 9.17) is 19.4 Å². The minimum absolute atomic E-state index is 0.106. The van der Waals surface area contributed by atoms with Crippen molar-refractivity contribution in [2.75, 3.05) is 27.3 Å². The highest BCUT2D eigenvalue weighted by atomic mass is 16.5. The standard InChI is InChI=1S/C46H54N8O6/c1-27(2)37(51-43(57)59-5)41(55)53-25-45(17-18-45)21-35(53)39-47-23-33(49-39)31-13-9-29(10-14-31)7-8-30-11-15-32(16-12-30)34-24-48-40(50-34)36-22-46(19-20-46)26-54(36)42(56)38(28(3)4)52-44(58)60-6/h9-16,23-24,27-28,35-38H,17-22,25-26H2,1-6H3,(H,47,49)(H,48,50)(H,51,57)(H,52,58)/t35-,36+,37-,38-/m0/s1. The van der Waals surface area contributed by atoms with Crippen molar-refractivity contribution in [3.8, 4) is 34.4 Å². The molecule has 4 amide bonds. The van der Waals surface area contributed by atoms with Gasteiger partial charge >= 0.3 is 12.2 Å². The molecule has 0 bridgehead atoms.